The van der Waals surface area contributed by atoms with Crippen LogP contribution in [-0.2, 0) is 4.74 Å². The molecule has 1 aromatic carbocycles. The summed E-state index contributed by atoms with van der Waals surface area (Å²) in [4.78, 5) is 0. The van der Waals surface area contributed by atoms with Crippen molar-refractivity contribution in [3.05, 3.63) is 29.1 Å². The van der Waals surface area contributed by atoms with E-state index in [2.05, 4.69) is 4.74 Å². The fraction of sp³-hybridized carbons (Fsp3) is 0.400. The van der Waals surface area contributed by atoms with Gasteiger partial charge in [-0.25, -0.2) is 13.2 Å². The fourth-order valence-corrected chi connectivity index (χ4v) is 0.824. The Morgan fingerprint density at radius 3 is 1.32 bits per heavy atom. The summed E-state index contributed by atoms with van der Waals surface area (Å²) in [5.74, 6) is -12.9. The minimum atomic E-state index is -2.29. The zero-order valence-electron chi connectivity index (χ0n) is 9.47. The van der Waals surface area contributed by atoms with E-state index in [0.29, 0.717) is 13.2 Å². The standard InChI is InChI=1S/C6HF5O.C4H10O3/c7-1-2(8)4(10)6(12)5(11)3(1)9;5-1-3-7-4-2-6/h12H;5-6H,1-4H2. The van der Waals surface area contributed by atoms with Crippen LogP contribution in [0.1, 0.15) is 0 Å². The number of hydrogen-bond acceptors (Lipinski definition) is 4. The number of phenolic OH excluding ortho intramolecular Hbond substituents is 1. The third-order valence-electron chi connectivity index (χ3n) is 1.66. The molecule has 0 spiro atoms. The molecule has 0 aliphatic carbocycles. The smallest absolute Gasteiger partial charge is 0.206 e. The van der Waals surface area contributed by atoms with Gasteiger partial charge in [0.1, 0.15) is 0 Å². The van der Waals surface area contributed by atoms with Crippen LogP contribution in [-0.4, -0.2) is 41.7 Å². The van der Waals surface area contributed by atoms with Crippen molar-refractivity contribution in [1.82, 2.24) is 0 Å². The summed E-state index contributed by atoms with van der Waals surface area (Å²) in [6.45, 7) is 0.696. The van der Waals surface area contributed by atoms with Crippen molar-refractivity contribution < 1.29 is 42.0 Å². The molecule has 0 bridgehead atoms. The zero-order chi connectivity index (χ0) is 15.0. The Morgan fingerprint density at radius 1 is 0.684 bits per heavy atom. The number of phenols is 1. The second kappa shape index (κ2) is 8.62. The van der Waals surface area contributed by atoms with Crippen LogP contribution < -0.4 is 0 Å². The van der Waals surface area contributed by atoms with Gasteiger partial charge < -0.3 is 20.1 Å². The van der Waals surface area contributed by atoms with E-state index in [-0.39, 0.29) is 13.2 Å². The summed E-state index contributed by atoms with van der Waals surface area (Å²) in [5.41, 5.74) is 0. The lowest BCUT2D eigenvalue weighted by Crippen LogP contribution is -2.03. The Morgan fingerprint density at radius 2 is 1.00 bits per heavy atom. The van der Waals surface area contributed by atoms with Crippen LogP contribution in [0.4, 0.5) is 22.0 Å². The number of aliphatic hydroxyl groups is 2. The predicted molar refractivity (Wildman–Crippen MR) is 52.9 cm³/mol. The molecule has 19 heavy (non-hydrogen) atoms. The summed E-state index contributed by atoms with van der Waals surface area (Å²) in [6.07, 6.45) is 0. The van der Waals surface area contributed by atoms with Crippen molar-refractivity contribution in [2.24, 2.45) is 0 Å². The maximum Gasteiger partial charge on any atom is 0.206 e. The van der Waals surface area contributed by atoms with E-state index in [9.17, 15) is 22.0 Å². The molecule has 1 rings (SSSR count). The average molecular weight is 290 g/mol. The molecule has 0 unspecified atom stereocenters. The van der Waals surface area contributed by atoms with Crippen LogP contribution in [0, 0.1) is 29.1 Å². The summed E-state index contributed by atoms with van der Waals surface area (Å²) in [5, 5.41) is 24.5. The number of benzene rings is 1. The molecule has 4 nitrogen and oxygen atoms in total. The third kappa shape index (κ3) is 4.97. The Kier molecular flexibility index (Phi) is 7.96. The molecule has 0 atom stereocenters. The summed E-state index contributed by atoms with van der Waals surface area (Å²) in [7, 11) is 0. The Balaban J connectivity index is 0.000000399. The van der Waals surface area contributed by atoms with Crippen LogP contribution in [0.5, 0.6) is 5.75 Å². The van der Waals surface area contributed by atoms with Crippen LogP contribution in [0.2, 0.25) is 0 Å². The van der Waals surface area contributed by atoms with Crippen molar-refractivity contribution >= 4 is 0 Å². The highest BCUT2D eigenvalue weighted by Crippen LogP contribution is 2.27. The second-order valence-corrected chi connectivity index (χ2v) is 2.98. The van der Waals surface area contributed by atoms with E-state index in [0.717, 1.165) is 0 Å². The quantitative estimate of drug-likeness (QED) is 0.336. The molecular weight excluding hydrogens is 279 g/mol. The van der Waals surface area contributed by atoms with E-state index in [1.165, 1.54) is 0 Å². The zero-order valence-corrected chi connectivity index (χ0v) is 9.47. The summed E-state index contributed by atoms with van der Waals surface area (Å²) < 4.78 is 65.3. The average Bonchev–Trinajstić information content (AvgIpc) is 2.42. The van der Waals surface area contributed by atoms with Gasteiger partial charge in [-0.2, -0.15) is 8.78 Å². The van der Waals surface area contributed by atoms with Gasteiger partial charge in [0.15, 0.2) is 5.75 Å². The molecule has 0 heterocycles. The minimum absolute atomic E-state index is 0.0278. The van der Waals surface area contributed by atoms with Crippen molar-refractivity contribution in [1.29, 1.82) is 0 Å². The normalized spacial score (nSPS) is 10.1. The molecule has 0 amide bonds. The van der Waals surface area contributed by atoms with Gasteiger partial charge in [0.25, 0.3) is 0 Å². The van der Waals surface area contributed by atoms with Gasteiger partial charge in [-0.3, -0.25) is 0 Å². The number of halogens is 5. The molecule has 0 saturated heterocycles. The monoisotopic (exact) mass is 290 g/mol. The third-order valence-corrected chi connectivity index (χ3v) is 1.66. The molecule has 0 aliphatic rings. The van der Waals surface area contributed by atoms with Gasteiger partial charge in [-0.15, -0.1) is 0 Å². The topological polar surface area (TPSA) is 69.9 Å². The first-order chi connectivity index (χ1) is 8.88. The van der Waals surface area contributed by atoms with E-state index in [4.69, 9.17) is 15.3 Å². The van der Waals surface area contributed by atoms with E-state index in [1.54, 1.807) is 0 Å². The van der Waals surface area contributed by atoms with Gasteiger partial charge in [-0.05, 0) is 0 Å². The molecule has 9 heteroatoms. The highest BCUT2D eigenvalue weighted by Gasteiger charge is 2.24. The number of rotatable bonds is 4. The molecule has 0 saturated carbocycles. The van der Waals surface area contributed by atoms with Crippen molar-refractivity contribution in [2.75, 3.05) is 26.4 Å². The van der Waals surface area contributed by atoms with Crippen LogP contribution >= 0.6 is 0 Å². The summed E-state index contributed by atoms with van der Waals surface area (Å²) >= 11 is 0. The molecule has 0 radical (unpaired) electrons. The van der Waals surface area contributed by atoms with Crippen LogP contribution in [0.15, 0.2) is 0 Å². The van der Waals surface area contributed by atoms with Crippen LogP contribution in [0.3, 0.4) is 0 Å². The maximum atomic E-state index is 12.2. The highest BCUT2D eigenvalue weighted by molar-refractivity contribution is 5.27. The predicted octanol–water partition coefficient (Wildman–Crippen LogP) is 1.08. The van der Waals surface area contributed by atoms with Crippen molar-refractivity contribution in [3.63, 3.8) is 0 Å². The molecular formula is C10H11F5O4. The van der Waals surface area contributed by atoms with Gasteiger partial charge >= 0.3 is 0 Å². The fourth-order valence-electron chi connectivity index (χ4n) is 0.824. The van der Waals surface area contributed by atoms with E-state index >= 15 is 0 Å². The molecule has 0 aliphatic heterocycles. The molecule has 3 N–H and O–H groups in total. The van der Waals surface area contributed by atoms with Gasteiger partial charge in [0.2, 0.25) is 29.1 Å². The second-order valence-electron chi connectivity index (χ2n) is 2.98. The highest BCUT2D eigenvalue weighted by atomic mass is 19.2. The van der Waals surface area contributed by atoms with Crippen molar-refractivity contribution in [3.8, 4) is 5.75 Å². The largest absolute Gasteiger partial charge is 0.503 e. The first kappa shape index (κ1) is 17.6. The lowest BCUT2D eigenvalue weighted by molar-refractivity contribution is 0.0650. The van der Waals surface area contributed by atoms with Crippen molar-refractivity contribution in [2.45, 2.75) is 0 Å². The maximum absolute atomic E-state index is 12.2. The van der Waals surface area contributed by atoms with E-state index in [1.807, 2.05) is 0 Å². The Hall–Kier alpha value is -1.45. The molecule has 110 valence electrons. The van der Waals surface area contributed by atoms with Gasteiger partial charge in [0.05, 0.1) is 26.4 Å². The number of hydrogen-bond donors (Lipinski definition) is 3. The Labute approximate surface area is 104 Å². The molecule has 0 aromatic heterocycles. The van der Waals surface area contributed by atoms with Gasteiger partial charge in [0, 0.05) is 0 Å². The molecule has 0 fully saturated rings. The van der Waals surface area contributed by atoms with Crippen LogP contribution in [0.25, 0.3) is 0 Å². The van der Waals surface area contributed by atoms with E-state index < -0.39 is 34.8 Å². The first-order valence-electron chi connectivity index (χ1n) is 4.88. The number of aromatic hydroxyl groups is 1. The summed E-state index contributed by atoms with van der Waals surface area (Å²) in [6, 6.07) is 0. The first-order valence-corrected chi connectivity index (χ1v) is 4.88. The Bertz CT molecular complexity index is 304. The molecule has 1 aromatic rings. The lowest BCUT2D eigenvalue weighted by atomic mass is 10.3. The minimum Gasteiger partial charge on any atom is -0.503 e. The number of ether oxygens (including phenoxy) is 1. The number of aliphatic hydroxyl groups excluding tert-OH is 2. The van der Waals surface area contributed by atoms with Gasteiger partial charge in [-0.1, -0.05) is 0 Å². The SMILES string of the molecule is OCCOCCO.Oc1c(F)c(F)c(F)c(F)c1F. The lowest BCUT2D eigenvalue weighted by Gasteiger charge is -2.00.